The first-order chi connectivity index (χ1) is 14.2. The third-order valence-electron chi connectivity index (χ3n) is 5.30. The van der Waals surface area contributed by atoms with Crippen LogP contribution in [-0.4, -0.2) is 66.6 Å². The van der Waals surface area contributed by atoms with E-state index in [2.05, 4.69) is 40.8 Å². The van der Waals surface area contributed by atoms with E-state index < -0.39 is 0 Å². The molecule has 0 N–H and O–H groups in total. The van der Waals surface area contributed by atoms with Crippen LogP contribution in [0.5, 0.6) is 0 Å². The highest BCUT2D eigenvalue weighted by molar-refractivity contribution is 7.22. The Morgan fingerprint density at radius 1 is 1.07 bits per heavy atom. The van der Waals surface area contributed by atoms with E-state index in [1.165, 1.54) is 0 Å². The summed E-state index contributed by atoms with van der Waals surface area (Å²) in [5.74, 6) is 1.80. The zero-order chi connectivity index (χ0) is 19.8. The number of hydrogen-bond donors (Lipinski definition) is 0. The molecule has 2 fully saturated rings. The van der Waals surface area contributed by atoms with Crippen LogP contribution >= 0.6 is 11.3 Å². The molecule has 5 rings (SSSR count). The Hall–Kier alpha value is -2.29. The molecule has 2 aliphatic heterocycles. The molecule has 152 valence electrons. The molecular formula is C21H25N5O2S. The average Bonchev–Trinajstić information content (AvgIpc) is 3.18. The van der Waals surface area contributed by atoms with Crippen LogP contribution in [-0.2, 0) is 9.47 Å². The molecule has 2 saturated heterocycles. The summed E-state index contributed by atoms with van der Waals surface area (Å²) in [6, 6.07) is 6.22. The monoisotopic (exact) mass is 411 g/mol. The Bertz CT molecular complexity index is 979. The van der Waals surface area contributed by atoms with Crippen molar-refractivity contribution < 1.29 is 9.47 Å². The number of ether oxygens (including phenoxy) is 2. The van der Waals surface area contributed by atoms with Gasteiger partial charge in [-0.1, -0.05) is 6.07 Å². The highest BCUT2D eigenvalue weighted by Gasteiger charge is 2.27. The molecule has 3 aromatic heterocycles. The van der Waals surface area contributed by atoms with E-state index in [0.29, 0.717) is 0 Å². The van der Waals surface area contributed by atoms with Crippen LogP contribution in [0, 0.1) is 0 Å². The largest absolute Gasteiger partial charge is 0.378 e. The quantitative estimate of drug-likeness (QED) is 0.656. The van der Waals surface area contributed by atoms with E-state index in [0.717, 1.165) is 71.8 Å². The van der Waals surface area contributed by atoms with Gasteiger partial charge in [0.2, 0.25) is 5.95 Å². The number of rotatable bonds is 3. The van der Waals surface area contributed by atoms with Crippen LogP contribution in [0.3, 0.4) is 0 Å². The number of pyridine rings is 1. The first kappa shape index (κ1) is 18.7. The maximum Gasteiger partial charge on any atom is 0.228 e. The standard InChI is InChI=1S/C21H25N5O2S/c1-14-12-26(13-15(2)28-14)21-23-17-10-18(16-4-3-5-22-11-16)29-19(17)20(24-21)25-6-8-27-9-7-25/h3-5,10-11,14-15H,6-9,12-13H2,1-2H3/t14-,15+. The van der Waals surface area contributed by atoms with Gasteiger partial charge in [0.1, 0.15) is 0 Å². The van der Waals surface area contributed by atoms with E-state index in [4.69, 9.17) is 19.4 Å². The third kappa shape index (κ3) is 3.80. The van der Waals surface area contributed by atoms with Crippen molar-refractivity contribution in [1.29, 1.82) is 0 Å². The van der Waals surface area contributed by atoms with Gasteiger partial charge >= 0.3 is 0 Å². The molecule has 2 aliphatic rings. The molecule has 0 radical (unpaired) electrons. The lowest BCUT2D eigenvalue weighted by Gasteiger charge is -2.36. The fourth-order valence-electron chi connectivity index (χ4n) is 4.03. The van der Waals surface area contributed by atoms with E-state index in [9.17, 15) is 0 Å². The van der Waals surface area contributed by atoms with Gasteiger partial charge in [-0.15, -0.1) is 11.3 Å². The summed E-state index contributed by atoms with van der Waals surface area (Å²) in [5.41, 5.74) is 2.10. The lowest BCUT2D eigenvalue weighted by atomic mass is 10.2. The highest BCUT2D eigenvalue weighted by Crippen LogP contribution is 2.38. The fraction of sp³-hybridized carbons (Fsp3) is 0.476. The molecule has 29 heavy (non-hydrogen) atoms. The highest BCUT2D eigenvalue weighted by atomic mass is 32.1. The van der Waals surface area contributed by atoms with Gasteiger partial charge in [-0.25, -0.2) is 4.98 Å². The van der Waals surface area contributed by atoms with Gasteiger partial charge in [-0.3, -0.25) is 4.98 Å². The lowest BCUT2D eigenvalue weighted by molar-refractivity contribution is -0.00569. The Balaban J connectivity index is 1.61. The number of thiophene rings is 1. The molecule has 0 aromatic carbocycles. The number of nitrogens with zero attached hydrogens (tertiary/aromatic N) is 5. The molecule has 0 bridgehead atoms. The zero-order valence-corrected chi connectivity index (χ0v) is 17.6. The van der Waals surface area contributed by atoms with Crippen molar-refractivity contribution in [1.82, 2.24) is 15.0 Å². The number of fused-ring (bicyclic) bond motifs is 1. The molecule has 5 heterocycles. The number of anilines is 2. The first-order valence-electron chi connectivity index (χ1n) is 10.1. The van der Waals surface area contributed by atoms with E-state index in [1.54, 1.807) is 17.5 Å². The Morgan fingerprint density at radius 3 is 2.59 bits per heavy atom. The van der Waals surface area contributed by atoms with Crippen molar-refractivity contribution in [2.24, 2.45) is 0 Å². The Labute approximate surface area is 174 Å². The smallest absolute Gasteiger partial charge is 0.228 e. The van der Waals surface area contributed by atoms with Crippen LogP contribution in [0.25, 0.3) is 20.7 Å². The molecule has 3 aromatic rings. The van der Waals surface area contributed by atoms with E-state index in [1.807, 2.05) is 12.3 Å². The maximum absolute atomic E-state index is 5.90. The summed E-state index contributed by atoms with van der Waals surface area (Å²) >= 11 is 1.74. The van der Waals surface area contributed by atoms with Gasteiger partial charge in [0.05, 0.1) is 35.6 Å². The lowest BCUT2D eigenvalue weighted by Crippen LogP contribution is -2.46. The molecule has 0 amide bonds. The minimum atomic E-state index is 0.165. The van der Waals surface area contributed by atoms with Crippen molar-refractivity contribution >= 4 is 33.3 Å². The van der Waals surface area contributed by atoms with E-state index in [-0.39, 0.29) is 12.2 Å². The average molecular weight is 412 g/mol. The second-order valence-corrected chi connectivity index (χ2v) is 8.73. The van der Waals surface area contributed by atoms with Crippen molar-refractivity contribution in [2.75, 3.05) is 49.2 Å². The number of morpholine rings is 2. The number of hydrogen-bond acceptors (Lipinski definition) is 8. The summed E-state index contributed by atoms with van der Waals surface area (Å²) in [6.45, 7) is 8.98. The van der Waals surface area contributed by atoms with Gasteiger partial charge in [-0.2, -0.15) is 4.98 Å². The molecule has 0 spiro atoms. The molecule has 0 unspecified atom stereocenters. The minimum Gasteiger partial charge on any atom is -0.378 e. The van der Waals surface area contributed by atoms with Gasteiger partial charge < -0.3 is 19.3 Å². The predicted octanol–water partition coefficient (Wildman–Crippen LogP) is 3.20. The van der Waals surface area contributed by atoms with Crippen LogP contribution in [0.2, 0.25) is 0 Å². The van der Waals surface area contributed by atoms with Crippen LogP contribution in [0.1, 0.15) is 13.8 Å². The van der Waals surface area contributed by atoms with Crippen molar-refractivity contribution in [3.05, 3.63) is 30.6 Å². The van der Waals surface area contributed by atoms with Gasteiger partial charge in [-0.05, 0) is 26.0 Å². The van der Waals surface area contributed by atoms with Crippen LogP contribution in [0.4, 0.5) is 11.8 Å². The topological polar surface area (TPSA) is 63.6 Å². The van der Waals surface area contributed by atoms with Crippen molar-refractivity contribution in [3.63, 3.8) is 0 Å². The predicted molar refractivity (Wildman–Crippen MR) is 116 cm³/mol. The molecule has 0 aliphatic carbocycles. The second kappa shape index (κ2) is 7.85. The van der Waals surface area contributed by atoms with Crippen molar-refractivity contribution in [2.45, 2.75) is 26.1 Å². The van der Waals surface area contributed by atoms with Crippen LogP contribution in [0.15, 0.2) is 30.6 Å². The molecule has 8 heteroatoms. The van der Waals surface area contributed by atoms with Crippen LogP contribution < -0.4 is 9.80 Å². The molecule has 2 atom stereocenters. The summed E-state index contributed by atoms with van der Waals surface area (Å²) in [5, 5.41) is 0. The first-order valence-corrected chi connectivity index (χ1v) is 10.9. The summed E-state index contributed by atoms with van der Waals surface area (Å²) in [4.78, 5) is 20.0. The van der Waals surface area contributed by atoms with Gasteiger partial charge in [0, 0.05) is 49.0 Å². The molecular weight excluding hydrogens is 386 g/mol. The molecule has 0 saturated carbocycles. The van der Waals surface area contributed by atoms with E-state index >= 15 is 0 Å². The number of aromatic nitrogens is 3. The Morgan fingerprint density at radius 2 is 1.86 bits per heavy atom. The van der Waals surface area contributed by atoms with Gasteiger partial charge in [0.25, 0.3) is 0 Å². The molecule has 7 nitrogen and oxygen atoms in total. The SMILES string of the molecule is C[C@@H]1CN(c2nc(N3CCOCC3)c3sc(-c4cccnc4)cc3n2)C[C@H](C)O1. The second-order valence-electron chi connectivity index (χ2n) is 7.68. The summed E-state index contributed by atoms with van der Waals surface area (Å²) < 4.78 is 12.6. The summed E-state index contributed by atoms with van der Waals surface area (Å²) in [6.07, 6.45) is 4.03. The fourth-order valence-corrected chi connectivity index (χ4v) is 5.13. The van der Waals surface area contributed by atoms with Crippen molar-refractivity contribution in [3.8, 4) is 10.4 Å². The Kier molecular flexibility index (Phi) is 5.07. The maximum atomic E-state index is 5.90. The summed E-state index contributed by atoms with van der Waals surface area (Å²) in [7, 11) is 0. The normalized spacial score (nSPS) is 23.0. The third-order valence-corrected chi connectivity index (χ3v) is 6.47. The minimum absolute atomic E-state index is 0.165. The zero-order valence-electron chi connectivity index (χ0n) is 16.7. The van der Waals surface area contributed by atoms with Gasteiger partial charge in [0.15, 0.2) is 5.82 Å².